The lowest BCUT2D eigenvalue weighted by Crippen LogP contribution is -2.30. The first-order chi connectivity index (χ1) is 9.57. The quantitative estimate of drug-likeness (QED) is 0.724. The van der Waals surface area contributed by atoms with Crippen molar-refractivity contribution in [1.82, 2.24) is 15.0 Å². The lowest BCUT2D eigenvalue weighted by Gasteiger charge is -2.24. The highest BCUT2D eigenvalue weighted by Crippen LogP contribution is 2.27. The first-order valence-corrected chi connectivity index (χ1v) is 7.49. The van der Waals surface area contributed by atoms with Crippen LogP contribution in [0.2, 0.25) is 0 Å². The van der Waals surface area contributed by atoms with E-state index in [9.17, 15) is 0 Å². The standard InChI is InChI=1S/C16H17N3S/c1-12-6-8-13(9-7-12)16(2,3)19-17-11-14(18-19)15-5-4-10-20-15/h4-11H,1-3H3. The summed E-state index contributed by atoms with van der Waals surface area (Å²) in [5, 5.41) is 11.1. The Kier molecular flexibility index (Phi) is 3.18. The van der Waals surface area contributed by atoms with Crippen LogP contribution in [0.3, 0.4) is 0 Å². The van der Waals surface area contributed by atoms with Crippen LogP contribution in [-0.2, 0) is 5.54 Å². The van der Waals surface area contributed by atoms with E-state index < -0.39 is 0 Å². The molecular formula is C16H17N3S. The highest BCUT2D eigenvalue weighted by atomic mass is 32.1. The molecule has 20 heavy (non-hydrogen) atoms. The van der Waals surface area contributed by atoms with Crippen molar-refractivity contribution in [3.05, 3.63) is 59.1 Å². The third kappa shape index (κ3) is 2.27. The normalized spacial score (nSPS) is 11.8. The van der Waals surface area contributed by atoms with E-state index in [1.54, 1.807) is 16.1 Å². The molecule has 0 N–H and O–H groups in total. The minimum absolute atomic E-state index is 0.261. The molecule has 0 saturated carbocycles. The van der Waals surface area contributed by atoms with Gasteiger partial charge in [0, 0.05) is 0 Å². The number of benzene rings is 1. The fourth-order valence-electron chi connectivity index (χ4n) is 2.15. The number of hydrogen-bond donors (Lipinski definition) is 0. The monoisotopic (exact) mass is 283 g/mol. The molecule has 4 heteroatoms. The molecule has 0 fully saturated rings. The van der Waals surface area contributed by atoms with E-state index in [0.29, 0.717) is 0 Å². The van der Waals surface area contributed by atoms with Gasteiger partial charge in [-0.3, -0.25) is 0 Å². The Hall–Kier alpha value is -1.94. The summed E-state index contributed by atoms with van der Waals surface area (Å²) < 4.78 is 0. The van der Waals surface area contributed by atoms with Crippen LogP contribution >= 0.6 is 11.3 Å². The zero-order chi connectivity index (χ0) is 14.2. The van der Waals surface area contributed by atoms with Gasteiger partial charge in [0.05, 0.1) is 11.1 Å². The van der Waals surface area contributed by atoms with Crippen molar-refractivity contribution >= 4 is 11.3 Å². The Morgan fingerprint density at radius 1 is 1.10 bits per heavy atom. The predicted molar refractivity (Wildman–Crippen MR) is 82.9 cm³/mol. The summed E-state index contributed by atoms with van der Waals surface area (Å²) in [6.07, 6.45) is 1.84. The first-order valence-electron chi connectivity index (χ1n) is 6.61. The summed E-state index contributed by atoms with van der Waals surface area (Å²) >= 11 is 1.68. The minimum Gasteiger partial charge on any atom is -0.174 e. The average Bonchev–Trinajstić information content (AvgIpc) is 3.10. The maximum atomic E-state index is 4.64. The van der Waals surface area contributed by atoms with Crippen LogP contribution in [-0.4, -0.2) is 15.0 Å². The smallest absolute Gasteiger partial charge is 0.123 e. The van der Waals surface area contributed by atoms with Crippen LogP contribution < -0.4 is 0 Å². The fraction of sp³-hybridized carbons (Fsp3) is 0.250. The van der Waals surface area contributed by atoms with Crippen molar-refractivity contribution in [1.29, 1.82) is 0 Å². The van der Waals surface area contributed by atoms with Gasteiger partial charge < -0.3 is 0 Å². The van der Waals surface area contributed by atoms with Crippen LogP contribution in [0.4, 0.5) is 0 Å². The van der Waals surface area contributed by atoms with Gasteiger partial charge in [-0.05, 0) is 37.8 Å². The molecule has 0 unspecified atom stereocenters. The molecule has 102 valence electrons. The fourth-order valence-corrected chi connectivity index (χ4v) is 2.82. The summed E-state index contributed by atoms with van der Waals surface area (Å²) in [4.78, 5) is 2.95. The van der Waals surface area contributed by atoms with Gasteiger partial charge >= 0.3 is 0 Å². The molecule has 0 aliphatic rings. The van der Waals surface area contributed by atoms with Crippen molar-refractivity contribution < 1.29 is 0 Å². The Bertz CT molecular complexity index is 694. The number of aromatic nitrogens is 3. The first kappa shape index (κ1) is 13.1. The Balaban J connectivity index is 1.97. The van der Waals surface area contributed by atoms with Crippen molar-refractivity contribution in [3.63, 3.8) is 0 Å². The molecule has 0 saturated heterocycles. The summed E-state index contributed by atoms with van der Waals surface area (Å²) in [5.41, 5.74) is 3.14. The second kappa shape index (κ2) is 4.87. The number of rotatable bonds is 3. The second-order valence-corrected chi connectivity index (χ2v) is 6.37. The van der Waals surface area contributed by atoms with Crippen LogP contribution in [0.1, 0.15) is 25.0 Å². The highest BCUT2D eigenvalue weighted by molar-refractivity contribution is 7.13. The van der Waals surface area contributed by atoms with Gasteiger partial charge in [-0.25, -0.2) is 0 Å². The van der Waals surface area contributed by atoms with E-state index in [1.807, 2.05) is 12.3 Å². The predicted octanol–water partition coefficient (Wildman–Crippen LogP) is 4.10. The van der Waals surface area contributed by atoms with Gasteiger partial charge in [0.15, 0.2) is 0 Å². The molecule has 0 aliphatic heterocycles. The molecule has 0 aliphatic carbocycles. The van der Waals surface area contributed by atoms with E-state index in [4.69, 9.17) is 0 Å². The number of hydrogen-bond acceptors (Lipinski definition) is 3. The molecule has 0 bridgehead atoms. The van der Waals surface area contributed by atoms with E-state index in [1.165, 1.54) is 11.1 Å². The Morgan fingerprint density at radius 3 is 2.50 bits per heavy atom. The van der Waals surface area contributed by atoms with Crippen LogP contribution in [0.15, 0.2) is 48.0 Å². The van der Waals surface area contributed by atoms with Gasteiger partial charge in [-0.2, -0.15) is 15.0 Å². The van der Waals surface area contributed by atoms with Crippen molar-refractivity contribution in [2.75, 3.05) is 0 Å². The molecular weight excluding hydrogens is 266 g/mol. The van der Waals surface area contributed by atoms with Crippen LogP contribution in [0, 0.1) is 6.92 Å². The lowest BCUT2D eigenvalue weighted by molar-refractivity contribution is 0.344. The minimum atomic E-state index is -0.261. The van der Waals surface area contributed by atoms with Crippen molar-refractivity contribution in [2.45, 2.75) is 26.3 Å². The highest BCUT2D eigenvalue weighted by Gasteiger charge is 2.25. The third-order valence-electron chi connectivity index (χ3n) is 3.52. The molecule has 0 radical (unpaired) electrons. The van der Waals surface area contributed by atoms with Gasteiger partial charge in [0.2, 0.25) is 0 Å². The van der Waals surface area contributed by atoms with Gasteiger partial charge in [0.25, 0.3) is 0 Å². The third-order valence-corrected chi connectivity index (χ3v) is 4.42. The van der Waals surface area contributed by atoms with Gasteiger partial charge in [0.1, 0.15) is 11.2 Å². The zero-order valence-corrected chi connectivity index (χ0v) is 12.7. The van der Waals surface area contributed by atoms with E-state index in [-0.39, 0.29) is 5.54 Å². The summed E-state index contributed by atoms with van der Waals surface area (Å²) in [6.45, 7) is 6.36. The van der Waals surface area contributed by atoms with E-state index >= 15 is 0 Å². The molecule has 1 aromatic carbocycles. The largest absolute Gasteiger partial charge is 0.174 e. The van der Waals surface area contributed by atoms with E-state index in [0.717, 1.165) is 10.6 Å². The molecule has 3 rings (SSSR count). The summed E-state index contributed by atoms with van der Waals surface area (Å²) in [6, 6.07) is 12.6. The summed E-state index contributed by atoms with van der Waals surface area (Å²) in [5.74, 6) is 0. The zero-order valence-electron chi connectivity index (χ0n) is 11.9. The van der Waals surface area contributed by atoms with Crippen molar-refractivity contribution in [2.24, 2.45) is 0 Å². The number of aryl methyl sites for hydroxylation is 1. The lowest BCUT2D eigenvalue weighted by atomic mass is 9.94. The molecule has 2 heterocycles. The topological polar surface area (TPSA) is 30.7 Å². The number of thiophene rings is 1. The number of nitrogens with zero attached hydrogens (tertiary/aromatic N) is 3. The molecule has 0 atom stereocenters. The Morgan fingerprint density at radius 2 is 1.85 bits per heavy atom. The maximum absolute atomic E-state index is 4.64. The van der Waals surface area contributed by atoms with Crippen LogP contribution in [0.5, 0.6) is 0 Å². The Labute approximate surface area is 122 Å². The molecule has 3 nitrogen and oxygen atoms in total. The average molecular weight is 283 g/mol. The second-order valence-electron chi connectivity index (χ2n) is 5.42. The molecule has 0 amide bonds. The molecule has 3 aromatic rings. The SMILES string of the molecule is Cc1ccc(C(C)(C)n2ncc(-c3cccs3)n2)cc1. The summed E-state index contributed by atoms with van der Waals surface area (Å²) in [7, 11) is 0. The van der Waals surface area contributed by atoms with E-state index in [2.05, 4.69) is 66.7 Å². The van der Waals surface area contributed by atoms with Gasteiger partial charge in [-0.1, -0.05) is 35.9 Å². The molecule has 0 spiro atoms. The van der Waals surface area contributed by atoms with Crippen LogP contribution in [0.25, 0.3) is 10.6 Å². The maximum Gasteiger partial charge on any atom is 0.123 e. The molecule has 2 aromatic heterocycles. The van der Waals surface area contributed by atoms with Crippen molar-refractivity contribution in [3.8, 4) is 10.6 Å². The van der Waals surface area contributed by atoms with Gasteiger partial charge in [-0.15, -0.1) is 11.3 Å².